The molecule has 148 valence electrons. The van der Waals surface area contributed by atoms with E-state index in [1.807, 2.05) is 35.2 Å². The number of rotatable bonds is 4. The number of pyridine rings is 1. The Morgan fingerprint density at radius 1 is 0.897 bits per heavy atom. The highest BCUT2D eigenvalue weighted by atomic mass is 16.2. The molecule has 0 unspecified atom stereocenters. The second kappa shape index (κ2) is 8.35. The third-order valence-corrected chi connectivity index (χ3v) is 5.26. The van der Waals surface area contributed by atoms with Crippen LogP contribution in [0.5, 0.6) is 0 Å². The van der Waals surface area contributed by atoms with Crippen LogP contribution in [-0.4, -0.2) is 42.0 Å². The molecule has 5 nitrogen and oxygen atoms in total. The van der Waals surface area contributed by atoms with Crippen molar-refractivity contribution in [3.63, 3.8) is 0 Å². The number of nitrogens with zero attached hydrogens (tertiary/aromatic N) is 3. The van der Waals surface area contributed by atoms with Crippen LogP contribution in [0.15, 0.2) is 66.9 Å². The molecular weight excluding hydrogens is 360 g/mol. The van der Waals surface area contributed by atoms with Gasteiger partial charge in [-0.25, -0.2) is 4.98 Å². The second-order valence-corrected chi connectivity index (χ2v) is 7.54. The summed E-state index contributed by atoms with van der Waals surface area (Å²) in [5, 5.41) is 3.27. The number of anilines is 3. The van der Waals surface area contributed by atoms with Crippen molar-refractivity contribution in [2.75, 3.05) is 36.4 Å². The predicted octanol–water partition coefficient (Wildman–Crippen LogP) is 4.40. The summed E-state index contributed by atoms with van der Waals surface area (Å²) >= 11 is 0. The molecule has 0 atom stereocenters. The maximum atomic E-state index is 13.0. The fourth-order valence-electron chi connectivity index (χ4n) is 3.59. The van der Waals surface area contributed by atoms with Crippen LogP contribution in [-0.2, 0) is 0 Å². The summed E-state index contributed by atoms with van der Waals surface area (Å²) in [5.41, 5.74) is 5.31. The van der Waals surface area contributed by atoms with Gasteiger partial charge in [-0.3, -0.25) is 4.79 Å². The minimum Gasteiger partial charge on any atom is -0.368 e. The highest BCUT2D eigenvalue weighted by molar-refractivity contribution is 5.95. The zero-order valence-electron chi connectivity index (χ0n) is 16.9. The zero-order valence-corrected chi connectivity index (χ0v) is 16.9. The first-order valence-electron chi connectivity index (χ1n) is 9.99. The molecule has 1 aromatic heterocycles. The summed E-state index contributed by atoms with van der Waals surface area (Å²) in [5.74, 6) is 0.737. The number of carbonyl (C=O) groups excluding carboxylic acids is 1. The van der Waals surface area contributed by atoms with Crippen LogP contribution in [0.3, 0.4) is 0 Å². The Kier molecular flexibility index (Phi) is 5.47. The third-order valence-electron chi connectivity index (χ3n) is 5.26. The van der Waals surface area contributed by atoms with Crippen LogP contribution in [0.1, 0.15) is 21.5 Å². The Morgan fingerprint density at radius 3 is 2.38 bits per heavy atom. The largest absolute Gasteiger partial charge is 0.368 e. The van der Waals surface area contributed by atoms with Gasteiger partial charge < -0.3 is 15.1 Å². The van der Waals surface area contributed by atoms with E-state index in [0.717, 1.165) is 31.9 Å². The van der Waals surface area contributed by atoms with Gasteiger partial charge in [0.05, 0.1) is 0 Å². The number of carbonyl (C=O) groups is 1. The number of amides is 1. The number of aryl methyl sites for hydroxylation is 2. The molecule has 1 N–H and O–H groups in total. The fourth-order valence-corrected chi connectivity index (χ4v) is 3.59. The molecule has 0 aliphatic carbocycles. The number of hydrogen-bond donors (Lipinski definition) is 1. The number of piperazine rings is 1. The van der Waals surface area contributed by atoms with Crippen molar-refractivity contribution < 1.29 is 4.79 Å². The van der Waals surface area contributed by atoms with Crippen molar-refractivity contribution in [1.82, 2.24) is 9.88 Å². The van der Waals surface area contributed by atoms with Crippen molar-refractivity contribution in [2.24, 2.45) is 0 Å². The quantitative estimate of drug-likeness (QED) is 0.722. The first kappa shape index (κ1) is 19.0. The molecule has 5 heteroatoms. The Bertz CT molecular complexity index is 992. The predicted molar refractivity (Wildman–Crippen MR) is 118 cm³/mol. The Labute approximate surface area is 172 Å². The SMILES string of the molecule is Cc1ccc(Nc2cc(C(=O)N3CCN(c4cccc(C)c4)CC3)ccn2)cc1. The van der Waals surface area contributed by atoms with E-state index >= 15 is 0 Å². The third kappa shape index (κ3) is 4.57. The molecule has 1 amide bonds. The van der Waals surface area contributed by atoms with Gasteiger partial charge >= 0.3 is 0 Å². The maximum absolute atomic E-state index is 13.0. The van der Waals surface area contributed by atoms with Crippen molar-refractivity contribution in [3.8, 4) is 0 Å². The Morgan fingerprint density at radius 2 is 1.66 bits per heavy atom. The van der Waals surface area contributed by atoms with Crippen LogP contribution < -0.4 is 10.2 Å². The minimum atomic E-state index is 0.0586. The molecule has 0 saturated carbocycles. The molecular formula is C24H26N4O. The summed E-state index contributed by atoms with van der Waals surface area (Å²) in [6.07, 6.45) is 1.69. The van der Waals surface area contributed by atoms with E-state index in [-0.39, 0.29) is 5.91 Å². The van der Waals surface area contributed by atoms with Gasteiger partial charge in [-0.15, -0.1) is 0 Å². The second-order valence-electron chi connectivity index (χ2n) is 7.54. The minimum absolute atomic E-state index is 0.0586. The first-order chi connectivity index (χ1) is 14.1. The lowest BCUT2D eigenvalue weighted by Crippen LogP contribution is -2.48. The van der Waals surface area contributed by atoms with Gasteiger partial charge in [0.2, 0.25) is 0 Å². The average molecular weight is 386 g/mol. The first-order valence-corrected chi connectivity index (χ1v) is 9.99. The molecule has 4 rings (SSSR count). The summed E-state index contributed by atoms with van der Waals surface area (Å²) < 4.78 is 0. The van der Waals surface area contributed by atoms with Crippen molar-refractivity contribution in [2.45, 2.75) is 13.8 Å². The smallest absolute Gasteiger partial charge is 0.254 e. The highest BCUT2D eigenvalue weighted by Crippen LogP contribution is 2.20. The number of aromatic nitrogens is 1. The fraction of sp³-hybridized carbons (Fsp3) is 0.250. The molecule has 1 fully saturated rings. The standard InChI is InChI=1S/C24H26N4O/c1-18-6-8-21(9-7-18)26-23-17-20(10-11-25-23)24(29)28-14-12-27(13-15-28)22-5-3-4-19(2)16-22/h3-11,16-17H,12-15H2,1-2H3,(H,25,26). The number of hydrogen-bond acceptors (Lipinski definition) is 4. The van der Waals surface area contributed by atoms with E-state index in [1.54, 1.807) is 12.3 Å². The highest BCUT2D eigenvalue weighted by Gasteiger charge is 2.22. The normalized spacial score (nSPS) is 14.0. The summed E-state index contributed by atoms with van der Waals surface area (Å²) in [6.45, 7) is 7.28. The molecule has 1 aliphatic heterocycles. The van der Waals surface area contributed by atoms with Gasteiger partial charge in [0.15, 0.2) is 0 Å². The van der Waals surface area contributed by atoms with E-state index < -0.39 is 0 Å². The summed E-state index contributed by atoms with van der Waals surface area (Å²) in [7, 11) is 0. The molecule has 29 heavy (non-hydrogen) atoms. The van der Waals surface area contributed by atoms with Crippen molar-refractivity contribution >= 4 is 23.1 Å². The lowest BCUT2D eigenvalue weighted by atomic mass is 10.1. The lowest BCUT2D eigenvalue weighted by Gasteiger charge is -2.36. The molecule has 2 heterocycles. The summed E-state index contributed by atoms with van der Waals surface area (Å²) in [4.78, 5) is 21.6. The van der Waals surface area contributed by atoms with E-state index in [4.69, 9.17) is 0 Å². The van der Waals surface area contributed by atoms with Gasteiger partial charge in [-0.05, 0) is 55.8 Å². The molecule has 1 saturated heterocycles. The van der Waals surface area contributed by atoms with Crippen LogP contribution in [0, 0.1) is 13.8 Å². The van der Waals surface area contributed by atoms with Gasteiger partial charge in [-0.1, -0.05) is 29.8 Å². The van der Waals surface area contributed by atoms with Gasteiger partial charge in [0.1, 0.15) is 5.82 Å². The van der Waals surface area contributed by atoms with Crippen LogP contribution in [0.25, 0.3) is 0 Å². The van der Waals surface area contributed by atoms with E-state index in [2.05, 4.69) is 53.3 Å². The molecule has 0 bridgehead atoms. The van der Waals surface area contributed by atoms with E-state index in [1.165, 1.54) is 16.8 Å². The number of benzene rings is 2. The van der Waals surface area contributed by atoms with Crippen molar-refractivity contribution in [3.05, 3.63) is 83.6 Å². The van der Waals surface area contributed by atoms with Crippen molar-refractivity contribution in [1.29, 1.82) is 0 Å². The van der Waals surface area contributed by atoms with Gasteiger partial charge in [-0.2, -0.15) is 0 Å². The average Bonchev–Trinajstić information content (AvgIpc) is 2.75. The number of nitrogens with one attached hydrogen (secondary N) is 1. The molecule has 3 aromatic rings. The maximum Gasteiger partial charge on any atom is 0.254 e. The van der Waals surface area contributed by atoms with E-state index in [9.17, 15) is 4.79 Å². The monoisotopic (exact) mass is 386 g/mol. The lowest BCUT2D eigenvalue weighted by molar-refractivity contribution is 0.0746. The molecule has 0 spiro atoms. The van der Waals surface area contributed by atoms with E-state index in [0.29, 0.717) is 11.4 Å². The van der Waals surface area contributed by atoms with Gasteiger partial charge in [0.25, 0.3) is 5.91 Å². The zero-order chi connectivity index (χ0) is 20.2. The topological polar surface area (TPSA) is 48.5 Å². The Balaban J connectivity index is 1.40. The van der Waals surface area contributed by atoms with Crippen LogP contribution in [0.4, 0.5) is 17.2 Å². The summed E-state index contributed by atoms with van der Waals surface area (Å²) in [6, 6.07) is 20.3. The molecule has 0 radical (unpaired) electrons. The molecule has 2 aromatic carbocycles. The molecule has 1 aliphatic rings. The van der Waals surface area contributed by atoms with Crippen LogP contribution in [0.2, 0.25) is 0 Å². The van der Waals surface area contributed by atoms with Gasteiger partial charge in [0, 0.05) is 49.3 Å². The Hall–Kier alpha value is -3.34. The van der Waals surface area contributed by atoms with Crippen LogP contribution >= 0.6 is 0 Å².